The normalized spacial score (nSPS) is 22.7. The zero-order valence-electron chi connectivity index (χ0n) is 9.45. The van der Waals surface area contributed by atoms with Gasteiger partial charge in [0.1, 0.15) is 0 Å². The van der Waals surface area contributed by atoms with E-state index in [1.807, 2.05) is 0 Å². The van der Waals surface area contributed by atoms with Gasteiger partial charge in [0.15, 0.2) is 0 Å². The third-order valence-electron chi connectivity index (χ3n) is 3.00. The van der Waals surface area contributed by atoms with Crippen LogP contribution in [0.4, 0.5) is 0 Å². The molecule has 1 heterocycles. The molecule has 0 spiro atoms. The highest BCUT2D eigenvalue weighted by Crippen LogP contribution is 2.19. The van der Waals surface area contributed by atoms with Gasteiger partial charge in [-0.05, 0) is 31.7 Å². The number of methoxy groups -OCH3 is 1. The van der Waals surface area contributed by atoms with Crippen LogP contribution in [-0.4, -0.2) is 49.3 Å². The van der Waals surface area contributed by atoms with Crippen LogP contribution in [-0.2, 0) is 9.53 Å². The molecule has 0 saturated carbocycles. The van der Waals surface area contributed by atoms with Gasteiger partial charge in [-0.1, -0.05) is 0 Å². The fourth-order valence-electron chi connectivity index (χ4n) is 2.12. The standard InChI is InChI=1S/C11H21NO3/c1-15-11(14)4-7-12-6-2-3-10(9-12)5-8-13/h10,13H,2-9H2,1H3. The van der Waals surface area contributed by atoms with Gasteiger partial charge in [-0.25, -0.2) is 0 Å². The molecule has 0 aromatic rings. The van der Waals surface area contributed by atoms with Crippen LogP contribution in [0.3, 0.4) is 0 Å². The zero-order valence-corrected chi connectivity index (χ0v) is 9.45. The Kier molecular flexibility index (Phi) is 5.65. The Morgan fingerprint density at radius 1 is 1.60 bits per heavy atom. The number of piperidine rings is 1. The van der Waals surface area contributed by atoms with Gasteiger partial charge in [-0.2, -0.15) is 0 Å². The van der Waals surface area contributed by atoms with Crippen molar-refractivity contribution in [3.8, 4) is 0 Å². The van der Waals surface area contributed by atoms with Crippen molar-refractivity contribution in [2.45, 2.75) is 25.7 Å². The maximum Gasteiger partial charge on any atom is 0.306 e. The highest BCUT2D eigenvalue weighted by atomic mass is 16.5. The summed E-state index contributed by atoms with van der Waals surface area (Å²) in [5, 5.41) is 8.87. The molecule has 4 nitrogen and oxygen atoms in total. The van der Waals surface area contributed by atoms with Gasteiger partial charge in [0, 0.05) is 19.7 Å². The van der Waals surface area contributed by atoms with Gasteiger partial charge in [-0.3, -0.25) is 4.79 Å². The first-order valence-electron chi connectivity index (χ1n) is 5.66. The predicted octanol–water partition coefficient (Wildman–Crippen LogP) is 0.644. The molecular weight excluding hydrogens is 194 g/mol. The largest absolute Gasteiger partial charge is 0.469 e. The number of aliphatic hydroxyl groups is 1. The molecule has 0 bridgehead atoms. The Morgan fingerprint density at radius 2 is 2.40 bits per heavy atom. The SMILES string of the molecule is COC(=O)CCN1CCCC(CCO)C1. The predicted molar refractivity (Wildman–Crippen MR) is 57.5 cm³/mol. The number of carbonyl (C=O) groups excluding carboxylic acids is 1. The summed E-state index contributed by atoms with van der Waals surface area (Å²) in [6.07, 6.45) is 3.73. The molecule has 1 atom stereocenters. The minimum Gasteiger partial charge on any atom is -0.469 e. The van der Waals surface area contributed by atoms with Gasteiger partial charge in [0.25, 0.3) is 0 Å². The highest BCUT2D eigenvalue weighted by molar-refractivity contribution is 5.69. The number of esters is 1. The summed E-state index contributed by atoms with van der Waals surface area (Å²) in [5.41, 5.74) is 0. The van der Waals surface area contributed by atoms with Crippen molar-refractivity contribution in [2.24, 2.45) is 5.92 Å². The van der Waals surface area contributed by atoms with E-state index in [4.69, 9.17) is 5.11 Å². The molecule has 88 valence electrons. The molecule has 1 saturated heterocycles. The van der Waals surface area contributed by atoms with Crippen LogP contribution in [0.5, 0.6) is 0 Å². The summed E-state index contributed by atoms with van der Waals surface area (Å²) >= 11 is 0. The van der Waals surface area contributed by atoms with E-state index >= 15 is 0 Å². The molecule has 1 unspecified atom stereocenters. The van der Waals surface area contributed by atoms with Crippen molar-refractivity contribution in [2.75, 3.05) is 33.4 Å². The number of rotatable bonds is 5. The third kappa shape index (κ3) is 4.62. The van der Waals surface area contributed by atoms with Crippen molar-refractivity contribution in [1.82, 2.24) is 4.90 Å². The average Bonchev–Trinajstić information content (AvgIpc) is 2.27. The van der Waals surface area contributed by atoms with Crippen molar-refractivity contribution in [3.63, 3.8) is 0 Å². The summed E-state index contributed by atoms with van der Waals surface area (Å²) in [4.78, 5) is 13.3. The molecule has 0 aliphatic carbocycles. The van der Waals surface area contributed by atoms with Crippen LogP contribution in [0.15, 0.2) is 0 Å². The smallest absolute Gasteiger partial charge is 0.306 e. The summed E-state index contributed by atoms with van der Waals surface area (Å²) < 4.78 is 4.61. The first-order valence-corrected chi connectivity index (χ1v) is 5.66. The minimum absolute atomic E-state index is 0.140. The lowest BCUT2D eigenvalue weighted by Crippen LogP contribution is -2.37. The van der Waals surface area contributed by atoms with Crippen LogP contribution in [0.2, 0.25) is 0 Å². The molecule has 1 aliphatic rings. The molecule has 0 aromatic carbocycles. The van der Waals surface area contributed by atoms with Gasteiger partial charge < -0.3 is 14.7 Å². The molecule has 0 radical (unpaired) electrons. The molecular formula is C11H21NO3. The van der Waals surface area contributed by atoms with E-state index in [0.717, 1.165) is 26.1 Å². The van der Waals surface area contributed by atoms with Gasteiger partial charge in [0.2, 0.25) is 0 Å². The van der Waals surface area contributed by atoms with Crippen molar-refractivity contribution >= 4 is 5.97 Å². The summed E-state index contributed by atoms with van der Waals surface area (Å²) in [6.45, 7) is 3.14. The lowest BCUT2D eigenvalue weighted by molar-refractivity contribution is -0.141. The Morgan fingerprint density at radius 3 is 3.07 bits per heavy atom. The zero-order chi connectivity index (χ0) is 11.1. The molecule has 4 heteroatoms. The molecule has 1 N–H and O–H groups in total. The van der Waals surface area contributed by atoms with Crippen molar-refractivity contribution in [3.05, 3.63) is 0 Å². The van der Waals surface area contributed by atoms with E-state index in [1.54, 1.807) is 0 Å². The van der Waals surface area contributed by atoms with Crippen LogP contribution >= 0.6 is 0 Å². The van der Waals surface area contributed by atoms with E-state index in [9.17, 15) is 4.79 Å². The van der Waals surface area contributed by atoms with Gasteiger partial charge >= 0.3 is 5.97 Å². The van der Waals surface area contributed by atoms with E-state index in [-0.39, 0.29) is 12.6 Å². The topological polar surface area (TPSA) is 49.8 Å². The van der Waals surface area contributed by atoms with E-state index in [1.165, 1.54) is 20.0 Å². The first kappa shape index (κ1) is 12.5. The highest BCUT2D eigenvalue weighted by Gasteiger charge is 2.19. The second-order valence-corrected chi connectivity index (χ2v) is 4.15. The van der Waals surface area contributed by atoms with E-state index < -0.39 is 0 Å². The van der Waals surface area contributed by atoms with Crippen LogP contribution in [0, 0.1) is 5.92 Å². The molecule has 1 aliphatic heterocycles. The number of ether oxygens (including phenoxy) is 1. The second-order valence-electron chi connectivity index (χ2n) is 4.15. The molecule has 0 amide bonds. The number of aliphatic hydroxyl groups excluding tert-OH is 1. The second kappa shape index (κ2) is 6.80. The molecule has 1 rings (SSSR count). The molecule has 15 heavy (non-hydrogen) atoms. The fourth-order valence-corrected chi connectivity index (χ4v) is 2.12. The number of hydrogen-bond acceptors (Lipinski definition) is 4. The quantitative estimate of drug-likeness (QED) is 0.684. The maximum absolute atomic E-state index is 11.0. The van der Waals surface area contributed by atoms with Crippen molar-refractivity contribution < 1.29 is 14.6 Å². The summed E-state index contributed by atoms with van der Waals surface area (Å²) in [7, 11) is 1.42. The monoisotopic (exact) mass is 215 g/mol. The lowest BCUT2D eigenvalue weighted by atomic mass is 9.95. The maximum atomic E-state index is 11.0. The number of likely N-dealkylation sites (tertiary alicyclic amines) is 1. The van der Waals surface area contributed by atoms with Crippen LogP contribution < -0.4 is 0 Å². The summed E-state index contributed by atoms with van der Waals surface area (Å²) in [6, 6.07) is 0. The first-order chi connectivity index (χ1) is 7.26. The Balaban J connectivity index is 2.21. The minimum atomic E-state index is -0.140. The van der Waals surface area contributed by atoms with Gasteiger partial charge in [0.05, 0.1) is 13.5 Å². The Hall–Kier alpha value is -0.610. The van der Waals surface area contributed by atoms with E-state index in [2.05, 4.69) is 9.64 Å². The van der Waals surface area contributed by atoms with Crippen molar-refractivity contribution in [1.29, 1.82) is 0 Å². The number of carbonyl (C=O) groups is 1. The number of hydrogen-bond donors (Lipinski definition) is 1. The fraction of sp³-hybridized carbons (Fsp3) is 0.909. The Bertz CT molecular complexity index is 194. The number of nitrogens with zero attached hydrogens (tertiary/aromatic N) is 1. The average molecular weight is 215 g/mol. The summed E-state index contributed by atoms with van der Waals surface area (Å²) in [5.74, 6) is 0.459. The van der Waals surface area contributed by atoms with Gasteiger partial charge in [-0.15, -0.1) is 0 Å². The molecule has 0 aromatic heterocycles. The van der Waals surface area contributed by atoms with Crippen LogP contribution in [0.25, 0.3) is 0 Å². The Labute approximate surface area is 91.2 Å². The molecule has 1 fully saturated rings. The van der Waals surface area contributed by atoms with Crippen LogP contribution in [0.1, 0.15) is 25.7 Å². The third-order valence-corrected chi connectivity index (χ3v) is 3.00. The van der Waals surface area contributed by atoms with E-state index in [0.29, 0.717) is 12.3 Å². The lowest BCUT2D eigenvalue weighted by Gasteiger charge is -2.32.